The number of piperidine rings is 1. The van der Waals surface area contributed by atoms with Crippen LogP contribution in [0.4, 0.5) is 0 Å². The van der Waals surface area contributed by atoms with E-state index < -0.39 is 0 Å². The van der Waals surface area contributed by atoms with E-state index in [0.717, 1.165) is 5.92 Å². The second kappa shape index (κ2) is 4.42. The third kappa shape index (κ3) is 2.94. The molecule has 0 amide bonds. The Hall–Kier alpha value is -0.0800. The topological polar surface area (TPSA) is 6.48 Å². The molecule has 0 unspecified atom stereocenters. The van der Waals surface area contributed by atoms with Crippen molar-refractivity contribution in [3.63, 3.8) is 0 Å². The fraction of sp³-hybridized carbons (Fsp3) is 1.00. The number of hydrogen-bond donors (Lipinski definition) is 0. The zero-order valence-corrected chi connectivity index (χ0v) is 10.6. The molecule has 0 aromatic rings. The highest BCUT2D eigenvalue weighted by Gasteiger charge is 2.28. The second-order valence-electron chi connectivity index (χ2n) is 6.26. The monoisotopic (exact) mass is 210 g/mol. The average molecular weight is 210 g/mol. The summed E-state index contributed by atoms with van der Waals surface area (Å²) in [7, 11) is 0. The predicted octanol–water partition coefficient (Wildman–Crippen LogP) is 2.20. The van der Waals surface area contributed by atoms with Gasteiger partial charge in [0, 0.05) is 12.1 Å². The smallest absolute Gasteiger partial charge is 0.0125 e. The van der Waals surface area contributed by atoms with Gasteiger partial charge < -0.3 is 4.90 Å². The quantitative estimate of drug-likeness (QED) is 0.689. The molecule has 2 heteroatoms. The summed E-state index contributed by atoms with van der Waals surface area (Å²) < 4.78 is 0. The van der Waals surface area contributed by atoms with E-state index in [1.54, 1.807) is 0 Å². The maximum atomic E-state index is 2.64. The third-order valence-corrected chi connectivity index (χ3v) is 4.03. The maximum Gasteiger partial charge on any atom is 0.0125 e. The molecule has 2 nitrogen and oxygen atoms in total. The van der Waals surface area contributed by atoms with Gasteiger partial charge in [-0.3, -0.25) is 4.90 Å². The molecule has 88 valence electrons. The number of nitrogens with zero attached hydrogens (tertiary/aromatic N) is 2. The van der Waals surface area contributed by atoms with Crippen molar-refractivity contribution in [3.05, 3.63) is 0 Å². The normalized spacial score (nSPS) is 26.6. The van der Waals surface area contributed by atoms with Crippen LogP contribution in [-0.4, -0.2) is 48.1 Å². The van der Waals surface area contributed by atoms with Crippen LogP contribution in [0.1, 0.15) is 40.0 Å². The molecule has 0 saturated carbocycles. The number of hydrogen-bond acceptors (Lipinski definition) is 2. The van der Waals surface area contributed by atoms with Gasteiger partial charge in [0.15, 0.2) is 0 Å². The number of likely N-dealkylation sites (tertiary alicyclic amines) is 2. The van der Waals surface area contributed by atoms with Crippen molar-refractivity contribution in [3.8, 4) is 0 Å². The molecule has 0 atom stereocenters. The molecule has 0 N–H and O–H groups in total. The van der Waals surface area contributed by atoms with E-state index in [9.17, 15) is 0 Å². The van der Waals surface area contributed by atoms with Crippen LogP contribution in [0.15, 0.2) is 0 Å². The van der Waals surface area contributed by atoms with Crippen molar-refractivity contribution in [2.24, 2.45) is 5.92 Å². The minimum absolute atomic E-state index is 0.377. The van der Waals surface area contributed by atoms with Crippen LogP contribution in [0.25, 0.3) is 0 Å². The van der Waals surface area contributed by atoms with E-state index in [4.69, 9.17) is 0 Å². The Labute approximate surface area is 94.6 Å². The van der Waals surface area contributed by atoms with Gasteiger partial charge in [0.25, 0.3) is 0 Å². The summed E-state index contributed by atoms with van der Waals surface area (Å²) >= 11 is 0. The molecule has 0 bridgehead atoms. The first kappa shape index (κ1) is 11.4. The van der Waals surface area contributed by atoms with Gasteiger partial charge >= 0.3 is 0 Å². The molecular weight excluding hydrogens is 184 g/mol. The van der Waals surface area contributed by atoms with Crippen molar-refractivity contribution >= 4 is 0 Å². The highest BCUT2D eigenvalue weighted by Crippen LogP contribution is 2.25. The molecule has 0 aliphatic carbocycles. The van der Waals surface area contributed by atoms with E-state index in [2.05, 4.69) is 30.6 Å². The molecule has 0 spiro atoms. The first-order chi connectivity index (χ1) is 7.05. The molecular formula is C13H26N2. The van der Waals surface area contributed by atoms with Crippen LogP contribution in [0.2, 0.25) is 0 Å². The summed E-state index contributed by atoms with van der Waals surface area (Å²) in [6.07, 6.45) is 4.25. The molecule has 2 fully saturated rings. The zero-order valence-electron chi connectivity index (χ0n) is 10.6. The summed E-state index contributed by atoms with van der Waals surface area (Å²) in [4.78, 5) is 5.26. The molecule has 0 radical (unpaired) electrons. The summed E-state index contributed by atoms with van der Waals surface area (Å²) in [5, 5.41) is 0. The van der Waals surface area contributed by atoms with Crippen molar-refractivity contribution < 1.29 is 0 Å². The minimum atomic E-state index is 0.377. The largest absolute Gasteiger partial charge is 0.303 e. The van der Waals surface area contributed by atoms with Crippen LogP contribution in [0.5, 0.6) is 0 Å². The van der Waals surface area contributed by atoms with Gasteiger partial charge in [-0.2, -0.15) is 0 Å². The van der Waals surface area contributed by atoms with E-state index in [1.807, 2.05) is 0 Å². The van der Waals surface area contributed by atoms with Gasteiger partial charge in [-0.1, -0.05) is 0 Å². The lowest BCUT2D eigenvalue weighted by molar-refractivity contribution is 0.0631. The Morgan fingerprint density at radius 3 is 2.00 bits per heavy atom. The van der Waals surface area contributed by atoms with Gasteiger partial charge in [-0.05, 0) is 72.1 Å². The highest BCUT2D eigenvalue weighted by atomic mass is 15.2. The third-order valence-electron chi connectivity index (χ3n) is 4.03. The van der Waals surface area contributed by atoms with Crippen molar-refractivity contribution in [2.45, 2.75) is 45.6 Å². The molecule has 0 aromatic carbocycles. The van der Waals surface area contributed by atoms with Crippen LogP contribution in [-0.2, 0) is 0 Å². The lowest BCUT2D eigenvalue weighted by Crippen LogP contribution is -2.48. The van der Waals surface area contributed by atoms with Crippen LogP contribution in [0, 0.1) is 5.92 Å². The molecule has 2 aliphatic heterocycles. The Balaban J connectivity index is 1.71. The maximum absolute atomic E-state index is 2.64. The van der Waals surface area contributed by atoms with Crippen LogP contribution >= 0.6 is 0 Å². The average Bonchev–Trinajstić information content (AvgIpc) is 2.11. The Morgan fingerprint density at radius 1 is 1.00 bits per heavy atom. The molecule has 2 heterocycles. The van der Waals surface area contributed by atoms with Gasteiger partial charge in [0.1, 0.15) is 0 Å². The number of rotatable bonds is 2. The Kier molecular flexibility index (Phi) is 3.36. The lowest BCUT2D eigenvalue weighted by atomic mass is 9.92. The molecule has 2 saturated heterocycles. The van der Waals surface area contributed by atoms with E-state index in [1.165, 1.54) is 52.0 Å². The van der Waals surface area contributed by atoms with Crippen LogP contribution < -0.4 is 0 Å². The van der Waals surface area contributed by atoms with Gasteiger partial charge in [-0.15, -0.1) is 0 Å². The fourth-order valence-electron chi connectivity index (χ4n) is 2.72. The SMILES string of the molecule is CC(C)(C)N1CCC(CN2CCC2)CC1. The van der Waals surface area contributed by atoms with E-state index >= 15 is 0 Å². The molecule has 0 aromatic heterocycles. The summed E-state index contributed by atoms with van der Waals surface area (Å²) in [6.45, 7) is 13.7. The first-order valence-corrected chi connectivity index (χ1v) is 6.53. The Morgan fingerprint density at radius 2 is 1.60 bits per heavy atom. The van der Waals surface area contributed by atoms with E-state index in [0.29, 0.717) is 5.54 Å². The van der Waals surface area contributed by atoms with Gasteiger partial charge in [-0.25, -0.2) is 0 Å². The lowest BCUT2D eigenvalue weighted by Gasteiger charge is -2.43. The van der Waals surface area contributed by atoms with E-state index in [-0.39, 0.29) is 0 Å². The highest BCUT2D eigenvalue weighted by molar-refractivity contribution is 4.83. The minimum Gasteiger partial charge on any atom is -0.303 e. The fourth-order valence-corrected chi connectivity index (χ4v) is 2.72. The predicted molar refractivity (Wildman–Crippen MR) is 65.1 cm³/mol. The second-order valence-corrected chi connectivity index (χ2v) is 6.26. The van der Waals surface area contributed by atoms with Crippen molar-refractivity contribution in [2.75, 3.05) is 32.7 Å². The molecule has 2 aliphatic rings. The summed E-state index contributed by atoms with van der Waals surface area (Å²) in [6, 6.07) is 0. The summed E-state index contributed by atoms with van der Waals surface area (Å²) in [5.74, 6) is 0.976. The van der Waals surface area contributed by atoms with Crippen molar-refractivity contribution in [1.29, 1.82) is 0 Å². The standard InChI is InChI=1S/C13H26N2/c1-13(2,3)15-9-5-12(6-10-15)11-14-7-4-8-14/h12H,4-11H2,1-3H3. The van der Waals surface area contributed by atoms with Crippen LogP contribution in [0.3, 0.4) is 0 Å². The Bertz CT molecular complexity index is 195. The zero-order chi connectivity index (χ0) is 10.9. The summed E-state index contributed by atoms with van der Waals surface area (Å²) in [5.41, 5.74) is 0.377. The van der Waals surface area contributed by atoms with Crippen molar-refractivity contribution in [1.82, 2.24) is 9.80 Å². The van der Waals surface area contributed by atoms with Gasteiger partial charge in [0.05, 0.1) is 0 Å². The molecule has 15 heavy (non-hydrogen) atoms. The first-order valence-electron chi connectivity index (χ1n) is 6.53. The van der Waals surface area contributed by atoms with Gasteiger partial charge in [0.2, 0.25) is 0 Å². The molecule has 2 rings (SSSR count).